The van der Waals surface area contributed by atoms with Crippen LogP contribution in [0.1, 0.15) is 25.5 Å². The fraction of sp³-hybridized carbons (Fsp3) is 0.333. The predicted octanol–water partition coefficient (Wildman–Crippen LogP) is 2.76. The van der Waals surface area contributed by atoms with Gasteiger partial charge in [-0.2, -0.15) is 5.10 Å². The lowest BCUT2D eigenvalue weighted by molar-refractivity contribution is -0.144. The quantitative estimate of drug-likeness (QED) is 0.831. The number of ether oxygens (including phenoxy) is 1. The van der Waals surface area contributed by atoms with Gasteiger partial charge in [0, 0.05) is 18.3 Å². The van der Waals surface area contributed by atoms with Crippen molar-refractivity contribution >= 4 is 11.7 Å². The Morgan fingerprint density at radius 1 is 1.43 bits per heavy atom. The molecular formula is C15H18FN3O2. The Hall–Kier alpha value is -2.37. The third-order valence-corrected chi connectivity index (χ3v) is 3.01. The minimum atomic E-state index is -0.790. The van der Waals surface area contributed by atoms with E-state index in [1.807, 2.05) is 6.92 Å². The second kappa shape index (κ2) is 6.88. The number of nitrogens with one attached hydrogen (secondary N) is 1. The van der Waals surface area contributed by atoms with Crippen LogP contribution in [0.3, 0.4) is 0 Å². The van der Waals surface area contributed by atoms with Gasteiger partial charge in [-0.25, -0.2) is 9.18 Å². The molecule has 6 heteroatoms. The van der Waals surface area contributed by atoms with E-state index in [1.165, 1.54) is 6.07 Å². The zero-order chi connectivity index (χ0) is 15.2. The summed E-state index contributed by atoms with van der Waals surface area (Å²) in [5.41, 5.74) is 0.887. The van der Waals surface area contributed by atoms with Gasteiger partial charge in [0.15, 0.2) is 6.04 Å². The molecule has 0 saturated heterocycles. The molecule has 1 unspecified atom stereocenters. The van der Waals surface area contributed by atoms with Crippen molar-refractivity contribution in [3.05, 3.63) is 48.0 Å². The number of aryl methyl sites for hydroxylation is 1. The van der Waals surface area contributed by atoms with Crippen molar-refractivity contribution in [1.82, 2.24) is 9.78 Å². The van der Waals surface area contributed by atoms with E-state index >= 15 is 0 Å². The minimum Gasteiger partial charge on any atom is -0.464 e. The van der Waals surface area contributed by atoms with Gasteiger partial charge in [0.1, 0.15) is 5.82 Å². The summed E-state index contributed by atoms with van der Waals surface area (Å²) in [7, 11) is 0. The topological polar surface area (TPSA) is 56.1 Å². The Bertz CT molecular complexity index is 612. The van der Waals surface area contributed by atoms with E-state index in [9.17, 15) is 9.18 Å². The normalized spacial score (nSPS) is 12.0. The maximum absolute atomic E-state index is 13.8. The fourth-order valence-electron chi connectivity index (χ4n) is 1.94. The molecular weight excluding hydrogens is 273 g/mol. The van der Waals surface area contributed by atoms with Crippen LogP contribution in [0.4, 0.5) is 10.1 Å². The van der Waals surface area contributed by atoms with Crippen LogP contribution in [0, 0.1) is 5.82 Å². The molecule has 1 aromatic carbocycles. The number of carbonyl (C=O) groups is 1. The van der Waals surface area contributed by atoms with Crippen molar-refractivity contribution in [2.24, 2.45) is 0 Å². The summed E-state index contributed by atoms with van der Waals surface area (Å²) in [6.45, 7) is 4.62. The molecule has 112 valence electrons. The number of hydrogen-bond donors (Lipinski definition) is 1. The fourth-order valence-corrected chi connectivity index (χ4v) is 1.94. The largest absolute Gasteiger partial charge is 0.464 e. The molecule has 2 rings (SSSR count). The lowest BCUT2D eigenvalue weighted by Crippen LogP contribution is -2.23. The van der Waals surface area contributed by atoms with Gasteiger partial charge in [0.2, 0.25) is 0 Å². The monoisotopic (exact) mass is 291 g/mol. The number of nitrogens with zero attached hydrogens (tertiary/aromatic N) is 2. The predicted molar refractivity (Wildman–Crippen MR) is 77.3 cm³/mol. The van der Waals surface area contributed by atoms with Gasteiger partial charge in [-0.3, -0.25) is 4.68 Å². The summed E-state index contributed by atoms with van der Waals surface area (Å²) < 4.78 is 20.5. The second-order valence-electron chi connectivity index (χ2n) is 4.44. The number of esters is 1. The van der Waals surface area contributed by atoms with E-state index in [4.69, 9.17) is 4.74 Å². The van der Waals surface area contributed by atoms with Crippen molar-refractivity contribution in [2.45, 2.75) is 26.4 Å². The van der Waals surface area contributed by atoms with Gasteiger partial charge in [-0.05, 0) is 26.0 Å². The van der Waals surface area contributed by atoms with E-state index in [0.717, 1.165) is 0 Å². The van der Waals surface area contributed by atoms with Crippen LogP contribution in [0.25, 0.3) is 0 Å². The molecule has 5 nitrogen and oxygen atoms in total. The van der Waals surface area contributed by atoms with E-state index in [2.05, 4.69) is 10.4 Å². The molecule has 0 bridgehead atoms. The maximum atomic E-state index is 13.8. The van der Waals surface area contributed by atoms with Gasteiger partial charge < -0.3 is 10.1 Å². The first kappa shape index (κ1) is 15.0. The highest BCUT2D eigenvalue weighted by Gasteiger charge is 2.24. The van der Waals surface area contributed by atoms with Crippen molar-refractivity contribution in [1.29, 1.82) is 0 Å². The average Bonchev–Trinajstić information content (AvgIpc) is 2.95. The van der Waals surface area contributed by atoms with Gasteiger partial charge in [0.25, 0.3) is 0 Å². The molecule has 2 aromatic rings. The average molecular weight is 291 g/mol. The number of benzene rings is 1. The van der Waals surface area contributed by atoms with E-state index in [1.54, 1.807) is 42.2 Å². The molecule has 1 atom stereocenters. The summed E-state index contributed by atoms with van der Waals surface area (Å²) >= 11 is 0. The van der Waals surface area contributed by atoms with Crippen LogP contribution in [0.2, 0.25) is 0 Å². The number of halogens is 1. The minimum absolute atomic E-state index is 0.250. The number of aromatic nitrogens is 2. The lowest BCUT2D eigenvalue weighted by Gasteiger charge is -2.17. The Labute approximate surface area is 122 Å². The summed E-state index contributed by atoms with van der Waals surface area (Å²) in [6.07, 6.45) is 3.33. The third-order valence-electron chi connectivity index (χ3n) is 3.01. The zero-order valence-electron chi connectivity index (χ0n) is 12.0. The van der Waals surface area contributed by atoms with E-state index in [0.29, 0.717) is 12.1 Å². The molecule has 1 aromatic heterocycles. The highest BCUT2D eigenvalue weighted by molar-refractivity contribution is 5.81. The van der Waals surface area contributed by atoms with Crippen LogP contribution in [-0.2, 0) is 16.1 Å². The van der Waals surface area contributed by atoms with Crippen LogP contribution < -0.4 is 5.32 Å². The first-order valence-corrected chi connectivity index (χ1v) is 6.85. The van der Waals surface area contributed by atoms with Crippen LogP contribution in [0.15, 0.2) is 36.7 Å². The number of rotatable bonds is 6. The highest BCUT2D eigenvalue weighted by atomic mass is 19.1. The summed E-state index contributed by atoms with van der Waals surface area (Å²) in [4.78, 5) is 12.1. The number of carbonyl (C=O) groups excluding carboxylic acids is 1. The van der Waals surface area contributed by atoms with Gasteiger partial charge in [-0.1, -0.05) is 12.1 Å². The molecule has 0 saturated carbocycles. The van der Waals surface area contributed by atoms with Crippen LogP contribution >= 0.6 is 0 Å². The Morgan fingerprint density at radius 3 is 2.81 bits per heavy atom. The van der Waals surface area contributed by atoms with E-state index < -0.39 is 17.8 Å². The van der Waals surface area contributed by atoms with Crippen LogP contribution in [0.5, 0.6) is 0 Å². The van der Waals surface area contributed by atoms with Crippen molar-refractivity contribution in [2.75, 3.05) is 11.9 Å². The first-order chi connectivity index (χ1) is 10.2. The number of para-hydroxylation sites is 1. The Morgan fingerprint density at radius 2 is 2.19 bits per heavy atom. The molecule has 1 N–H and O–H groups in total. The molecule has 0 aliphatic carbocycles. The summed E-state index contributed by atoms with van der Waals surface area (Å²) in [5, 5.41) is 7.02. The maximum Gasteiger partial charge on any atom is 0.333 e. The SMILES string of the molecule is CCOC(=O)C(Nc1ccccc1F)c1cnn(CC)c1. The van der Waals surface area contributed by atoms with Crippen molar-refractivity contribution < 1.29 is 13.9 Å². The molecule has 1 heterocycles. The lowest BCUT2D eigenvalue weighted by atomic mass is 10.1. The van der Waals surface area contributed by atoms with Crippen LogP contribution in [-0.4, -0.2) is 22.4 Å². The zero-order valence-corrected chi connectivity index (χ0v) is 12.0. The standard InChI is InChI=1S/C15H18FN3O2/c1-3-19-10-11(9-17-19)14(15(20)21-4-2)18-13-8-6-5-7-12(13)16/h5-10,14,18H,3-4H2,1-2H3. The van der Waals surface area contributed by atoms with E-state index in [-0.39, 0.29) is 12.3 Å². The van der Waals surface area contributed by atoms with Gasteiger partial charge in [-0.15, -0.1) is 0 Å². The Kier molecular flexibility index (Phi) is 4.92. The number of anilines is 1. The van der Waals surface area contributed by atoms with Gasteiger partial charge in [0.05, 0.1) is 18.5 Å². The molecule has 0 aliphatic heterocycles. The first-order valence-electron chi connectivity index (χ1n) is 6.85. The summed E-state index contributed by atoms with van der Waals surface area (Å²) in [5.74, 6) is -0.883. The molecule has 0 amide bonds. The molecule has 21 heavy (non-hydrogen) atoms. The molecule has 0 fully saturated rings. The number of hydrogen-bond acceptors (Lipinski definition) is 4. The molecule has 0 spiro atoms. The smallest absolute Gasteiger partial charge is 0.333 e. The Balaban J connectivity index is 2.28. The highest BCUT2D eigenvalue weighted by Crippen LogP contribution is 2.22. The van der Waals surface area contributed by atoms with Crippen molar-refractivity contribution in [3.63, 3.8) is 0 Å². The second-order valence-corrected chi connectivity index (χ2v) is 4.44. The van der Waals surface area contributed by atoms with Crippen molar-refractivity contribution in [3.8, 4) is 0 Å². The third kappa shape index (κ3) is 3.59. The summed E-state index contributed by atoms with van der Waals surface area (Å²) in [6, 6.07) is 5.41. The molecule has 0 aliphatic rings. The molecule has 0 radical (unpaired) electrons. The van der Waals surface area contributed by atoms with Gasteiger partial charge >= 0.3 is 5.97 Å².